The van der Waals surface area contributed by atoms with Gasteiger partial charge in [-0.15, -0.1) is 11.8 Å². The zero-order valence-electron chi connectivity index (χ0n) is 11.0. The summed E-state index contributed by atoms with van der Waals surface area (Å²) < 4.78 is 5.69. The summed E-state index contributed by atoms with van der Waals surface area (Å²) in [4.78, 5) is 1.24. The van der Waals surface area contributed by atoms with Crippen molar-refractivity contribution < 1.29 is 4.74 Å². The average molecular weight is 258 g/mol. The lowest BCUT2D eigenvalue weighted by atomic mass is 9.87. The molecule has 1 aliphatic carbocycles. The highest BCUT2D eigenvalue weighted by atomic mass is 32.2. The van der Waals surface area contributed by atoms with Crippen molar-refractivity contribution in [1.82, 2.24) is 0 Å². The first-order valence-electron chi connectivity index (χ1n) is 6.50. The summed E-state index contributed by atoms with van der Waals surface area (Å²) >= 11 is 1.76. The van der Waals surface area contributed by atoms with Crippen LogP contribution in [0.4, 0.5) is 0 Å². The van der Waals surface area contributed by atoms with E-state index in [1.807, 2.05) is 0 Å². The van der Waals surface area contributed by atoms with Gasteiger partial charge in [0.15, 0.2) is 0 Å². The molecule has 0 unspecified atom stereocenters. The van der Waals surface area contributed by atoms with Crippen molar-refractivity contribution in [3.8, 4) is 5.75 Å². The fourth-order valence-electron chi connectivity index (χ4n) is 2.98. The van der Waals surface area contributed by atoms with E-state index in [4.69, 9.17) is 4.74 Å². The summed E-state index contributed by atoms with van der Waals surface area (Å²) in [5, 5.41) is 2.66. The molecule has 2 aromatic rings. The Morgan fingerprint density at radius 3 is 2.61 bits per heavy atom. The van der Waals surface area contributed by atoms with Crippen LogP contribution in [0.3, 0.4) is 0 Å². The molecule has 1 aliphatic rings. The average Bonchev–Trinajstić information content (AvgIpc) is 2.45. The number of hydrogen-bond acceptors (Lipinski definition) is 2. The summed E-state index contributed by atoms with van der Waals surface area (Å²) in [5.41, 5.74) is 3.04. The van der Waals surface area contributed by atoms with E-state index in [2.05, 4.69) is 30.5 Å². The number of rotatable bonds is 2. The molecule has 0 radical (unpaired) electrons. The van der Waals surface area contributed by atoms with Gasteiger partial charge in [-0.1, -0.05) is 18.2 Å². The molecule has 0 N–H and O–H groups in total. The fraction of sp³-hybridized carbons (Fsp3) is 0.375. The van der Waals surface area contributed by atoms with E-state index in [-0.39, 0.29) is 0 Å². The van der Waals surface area contributed by atoms with Crippen molar-refractivity contribution in [3.05, 3.63) is 35.4 Å². The first-order valence-corrected chi connectivity index (χ1v) is 7.73. The lowest BCUT2D eigenvalue weighted by molar-refractivity contribution is 0.409. The number of benzene rings is 2. The summed E-state index contributed by atoms with van der Waals surface area (Å²) in [5.74, 6) is 1.07. The van der Waals surface area contributed by atoms with E-state index in [1.165, 1.54) is 52.5 Å². The molecule has 0 heterocycles. The predicted octanol–water partition coefficient (Wildman–Crippen LogP) is 4.45. The molecule has 94 valence electrons. The van der Waals surface area contributed by atoms with Gasteiger partial charge >= 0.3 is 0 Å². The molecule has 0 saturated heterocycles. The summed E-state index contributed by atoms with van der Waals surface area (Å²) in [6.45, 7) is 0. The van der Waals surface area contributed by atoms with Crippen molar-refractivity contribution in [2.24, 2.45) is 0 Å². The minimum absolute atomic E-state index is 1.07. The highest BCUT2D eigenvalue weighted by Gasteiger charge is 2.17. The number of hydrogen-bond donors (Lipinski definition) is 0. The summed E-state index contributed by atoms with van der Waals surface area (Å²) in [6, 6.07) is 8.93. The zero-order chi connectivity index (χ0) is 12.5. The van der Waals surface area contributed by atoms with Crippen LogP contribution in [-0.2, 0) is 12.8 Å². The van der Waals surface area contributed by atoms with Crippen LogP contribution in [0, 0.1) is 0 Å². The largest absolute Gasteiger partial charge is 0.495 e. The number of fused-ring (bicyclic) bond motifs is 3. The Labute approximate surface area is 113 Å². The predicted molar refractivity (Wildman–Crippen MR) is 78.9 cm³/mol. The van der Waals surface area contributed by atoms with Gasteiger partial charge in [-0.3, -0.25) is 0 Å². The normalized spacial score (nSPS) is 14.6. The standard InChI is InChI=1S/C16H18OS/c1-17-16-14(18-2)10-9-12-8-7-11-5-3-4-6-13(11)15(12)16/h7-10H,3-6H2,1-2H3. The fourth-order valence-corrected chi connectivity index (χ4v) is 3.56. The number of aryl methyl sites for hydroxylation is 2. The van der Waals surface area contributed by atoms with Crippen LogP contribution in [0.5, 0.6) is 5.75 Å². The van der Waals surface area contributed by atoms with Gasteiger partial charge in [0.1, 0.15) is 5.75 Å². The maximum absolute atomic E-state index is 5.69. The Bertz CT molecular complexity index is 558. The molecule has 1 nitrogen and oxygen atoms in total. The molecule has 2 aromatic carbocycles. The molecule has 0 fully saturated rings. The van der Waals surface area contributed by atoms with Crippen LogP contribution in [0.1, 0.15) is 24.0 Å². The number of methoxy groups -OCH3 is 1. The van der Waals surface area contributed by atoms with Crippen molar-refractivity contribution in [3.63, 3.8) is 0 Å². The van der Waals surface area contributed by atoms with Crippen molar-refractivity contribution in [2.75, 3.05) is 13.4 Å². The highest BCUT2D eigenvalue weighted by molar-refractivity contribution is 7.98. The van der Waals surface area contributed by atoms with Crippen LogP contribution in [0.25, 0.3) is 10.8 Å². The second-order valence-electron chi connectivity index (χ2n) is 4.81. The molecule has 0 bridgehead atoms. The molecule has 0 spiro atoms. The lowest BCUT2D eigenvalue weighted by Crippen LogP contribution is -2.04. The van der Waals surface area contributed by atoms with Crippen LogP contribution in [0.15, 0.2) is 29.2 Å². The Balaban J connectivity index is 2.36. The van der Waals surface area contributed by atoms with Crippen molar-refractivity contribution >= 4 is 22.5 Å². The van der Waals surface area contributed by atoms with Crippen molar-refractivity contribution in [1.29, 1.82) is 0 Å². The van der Waals surface area contributed by atoms with E-state index in [0.29, 0.717) is 0 Å². The molecule has 0 aromatic heterocycles. The van der Waals surface area contributed by atoms with Gasteiger partial charge in [-0.2, -0.15) is 0 Å². The molecule has 0 saturated carbocycles. The van der Waals surface area contributed by atoms with E-state index in [1.54, 1.807) is 18.9 Å². The van der Waals surface area contributed by atoms with Crippen LogP contribution >= 0.6 is 11.8 Å². The molecule has 2 heteroatoms. The van der Waals surface area contributed by atoms with Crippen molar-refractivity contribution in [2.45, 2.75) is 30.6 Å². The van der Waals surface area contributed by atoms with Gasteiger partial charge in [0.2, 0.25) is 0 Å². The van der Waals surface area contributed by atoms with Gasteiger partial charge in [0.25, 0.3) is 0 Å². The smallest absolute Gasteiger partial charge is 0.140 e. The third-order valence-corrected chi connectivity index (χ3v) is 4.62. The molecule has 0 amide bonds. The molecular formula is C16H18OS. The second kappa shape index (κ2) is 4.85. The number of ether oxygens (including phenoxy) is 1. The molecular weight excluding hydrogens is 240 g/mol. The third-order valence-electron chi connectivity index (χ3n) is 3.85. The molecule has 3 rings (SSSR count). The Morgan fingerprint density at radius 2 is 1.83 bits per heavy atom. The SMILES string of the molecule is COc1c(SC)ccc2ccc3c(c12)CCCC3. The molecule has 0 atom stereocenters. The van der Waals surface area contributed by atoms with E-state index < -0.39 is 0 Å². The van der Waals surface area contributed by atoms with E-state index >= 15 is 0 Å². The third kappa shape index (κ3) is 1.79. The first-order chi connectivity index (χ1) is 8.85. The van der Waals surface area contributed by atoms with E-state index in [0.717, 1.165) is 5.75 Å². The highest BCUT2D eigenvalue weighted by Crippen LogP contribution is 2.40. The summed E-state index contributed by atoms with van der Waals surface area (Å²) in [7, 11) is 1.79. The Kier molecular flexibility index (Phi) is 3.21. The maximum Gasteiger partial charge on any atom is 0.140 e. The maximum atomic E-state index is 5.69. The Hall–Kier alpha value is -1.15. The summed E-state index contributed by atoms with van der Waals surface area (Å²) in [6.07, 6.45) is 7.15. The monoisotopic (exact) mass is 258 g/mol. The quantitative estimate of drug-likeness (QED) is 0.736. The lowest BCUT2D eigenvalue weighted by Gasteiger charge is -2.20. The second-order valence-corrected chi connectivity index (χ2v) is 5.66. The van der Waals surface area contributed by atoms with Crippen LogP contribution in [-0.4, -0.2) is 13.4 Å². The van der Waals surface area contributed by atoms with Crippen LogP contribution in [0.2, 0.25) is 0 Å². The molecule has 18 heavy (non-hydrogen) atoms. The Morgan fingerprint density at radius 1 is 1.06 bits per heavy atom. The van der Waals surface area contributed by atoms with Gasteiger partial charge < -0.3 is 4.74 Å². The number of thioether (sulfide) groups is 1. The van der Waals surface area contributed by atoms with Gasteiger partial charge in [-0.05, 0) is 54.5 Å². The van der Waals surface area contributed by atoms with E-state index in [9.17, 15) is 0 Å². The zero-order valence-corrected chi connectivity index (χ0v) is 11.8. The van der Waals surface area contributed by atoms with Gasteiger partial charge in [0, 0.05) is 10.3 Å². The minimum atomic E-state index is 1.07. The first kappa shape index (κ1) is 11.9. The van der Waals surface area contributed by atoms with Crippen LogP contribution < -0.4 is 4.74 Å². The minimum Gasteiger partial charge on any atom is -0.495 e. The van der Waals surface area contributed by atoms with Gasteiger partial charge in [-0.25, -0.2) is 0 Å². The van der Waals surface area contributed by atoms with Gasteiger partial charge in [0.05, 0.1) is 7.11 Å². The topological polar surface area (TPSA) is 9.23 Å². The molecule has 0 aliphatic heterocycles.